The number of nitrogens with two attached hydrogens (primary N) is 1. The summed E-state index contributed by atoms with van der Waals surface area (Å²) in [5.74, 6) is -2.13. The van der Waals surface area contributed by atoms with E-state index >= 15 is 0 Å². The average molecular weight is 386 g/mol. The Morgan fingerprint density at radius 2 is 1.90 bits per heavy atom. The van der Waals surface area contributed by atoms with Crippen LogP contribution in [-0.4, -0.2) is 25.3 Å². The molecule has 1 amide bonds. The SMILES string of the molecule is Cn1cc(-c2cc(-c3ccc(C=C(F)C(N)=O)cc3)c3c(C#N)cnn3c2)cn1. The minimum Gasteiger partial charge on any atom is -0.364 e. The minimum atomic E-state index is -1.11. The van der Waals surface area contributed by atoms with Crippen molar-refractivity contribution in [2.24, 2.45) is 12.8 Å². The van der Waals surface area contributed by atoms with Gasteiger partial charge in [-0.3, -0.25) is 9.48 Å². The maximum atomic E-state index is 13.5. The normalized spacial score (nSPS) is 11.6. The van der Waals surface area contributed by atoms with Crippen LogP contribution in [0.5, 0.6) is 0 Å². The van der Waals surface area contributed by atoms with Crippen LogP contribution in [0.25, 0.3) is 33.8 Å². The monoisotopic (exact) mass is 386 g/mol. The third-order valence-electron chi connectivity index (χ3n) is 4.52. The van der Waals surface area contributed by atoms with E-state index in [1.54, 1.807) is 39.7 Å². The average Bonchev–Trinajstić information content (AvgIpc) is 3.33. The number of nitrogens with zero attached hydrogens (tertiary/aromatic N) is 5. The fraction of sp³-hybridized carbons (Fsp3) is 0.0476. The van der Waals surface area contributed by atoms with Crippen LogP contribution in [0, 0.1) is 11.3 Å². The molecule has 0 fully saturated rings. The number of aromatic nitrogens is 4. The molecule has 0 unspecified atom stereocenters. The maximum Gasteiger partial charge on any atom is 0.277 e. The second-order valence-corrected chi connectivity index (χ2v) is 6.49. The molecule has 8 heteroatoms. The van der Waals surface area contributed by atoms with Gasteiger partial charge in [0.25, 0.3) is 5.91 Å². The maximum absolute atomic E-state index is 13.5. The van der Waals surface area contributed by atoms with Crippen LogP contribution in [0.2, 0.25) is 0 Å². The van der Waals surface area contributed by atoms with E-state index in [4.69, 9.17) is 5.73 Å². The van der Waals surface area contributed by atoms with Crippen LogP contribution in [-0.2, 0) is 11.8 Å². The summed E-state index contributed by atoms with van der Waals surface area (Å²) in [7, 11) is 1.84. The van der Waals surface area contributed by atoms with E-state index in [0.29, 0.717) is 16.6 Å². The Morgan fingerprint density at radius 1 is 1.14 bits per heavy atom. The van der Waals surface area contributed by atoms with Crippen LogP contribution in [0.4, 0.5) is 4.39 Å². The Hall–Kier alpha value is -4.25. The lowest BCUT2D eigenvalue weighted by atomic mass is 9.99. The highest BCUT2D eigenvalue weighted by Gasteiger charge is 2.14. The summed E-state index contributed by atoms with van der Waals surface area (Å²) in [6.07, 6.45) is 8.08. The van der Waals surface area contributed by atoms with E-state index in [2.05, 4.69) is 16.3 Å². The Labute approximate surface area is 165 Å². The van der Waals surface area contributed by atoms with Gasteiger partial charge in [-0.2, -0.15) is 15.5 Å². The molecule has 0 saturated heterocycles. The molecule has 0 bridgehead atoms. The van der Waals surface area contributed by atoms with Crippen molar-refractivity contribution >= 4 is 17.5 Å². The highest BCUT2D eigenvalue weighted by molar-refractivity contribution is 5.94. The third-order valence-corrected chi connectivity index (χ3v) is 4.52. The predicted molar refractivity (Wildman–Crippen MR) is 106 cm³/mol. The number of benzene rings is 1. The van der Waals surface area contributed by atoms with Gasteiger partial charge in [0.05, 0.1) is 23.5 Å². The fourth-order valence-corrected chi connectivity index (χ4v) is 3.13. The van der Waals surface area contributed by atoms with Gasteiger partial charge in [-0.05, 0) is 23.3 Å². The molecule has 0 atom stereocenters. The molecule has 0 radical (unpaired) electrons. The van der Waals surface area contributed by atoms with Gasteiger partial charge in [0.1, 0.15) is 6.07 Å². The molecule has 4 rings (SSSR count). The standard InChI is InChI=1S/C21H15FN6O/c1-27-11-17(10-25-27)15-7-18(20-16(8-23)9-26-28(20)12-15)14-4-2-13(3-5-14)6-19(22)21(24)29/h2-7,9-12H,1H3,(H2,24,29). The molecule has 3 heterocycles. The first-order valence-electron chi connectivity index (χ1n) is 8.64. The molecule has 4 aromatic rings. The summed E-state index contributed by atoms with van der Waals surface area (Å²) in [6, 6.07) is 11.1. The molecule has 0 aliphatic heterocycles. The number of fused-ring (bicyclic) bond motifs is 1. The molecule has 29 heavy (non-hydrogen) atoms. The Morgan fingerprint density at radius 3 is 2.52 bits per heavy atom. The summed E-state index contributed by atoms with van der Waals surface area (Å²) in [5, 5.41) is 18.0. The van der Waals surface area contributed by atoms with Crippen molar-refractivity contribution in [1.82, 2.24) is 19.4 Å². The number of hydrogen-bond acceptors (Lipinski definition) is 4. The smallest absolute Gasteiger partial charge is 0.277 e. The van der Waals surface area contributed by atoms with Gasteiger partial charge < -0.3 is 5.73 Å². The van der Waals surface area contributed by atoms with Crippen molar-refractivity contribution in [3.8, 4) is 28.3 Å². The van der Waals surface area contributed by atoms with E-state index in [9.17, 15) is 14.4 Å². The molecule has 0 aliphatic rings. The summed E-state index contributed by atoms with van der Waals surface area (Å²) in [5.41, 5.74) is 9.96. The zero-order valence-corrected chi connectivity index (χ0v) is 15.4. The molecule has 0 saturated carbocycles. The highest BCUT2D eigenvalue weighted by Crippen LogP contribution is 2.32. The van der Waals surface area contributed by atoms with Crippen molar-refractivity contribution in [2.45, 2.75) is 0 Å². The molecule has 0 aliphatic carbocycles. The number of halogens is 1. The highest BCUT2D eigenvalue weighted by atomic mass is 19.1. The second kappa shape index (κ2) is 7.05. The minimum absolute atomic E-state index is 0.446. The number of carbonyl (C=O) groups excluding carboxylic acids is 1. The lowest BCUT2D eigenvalue weighted by Crippen LogP contribution is -2.10. The van der Waals surface area contributed by atoms with E-state index in [-0.39, 0.29) is 0 Å². The van der Waals surface area contributed by atoms with E-state index in [1.165, 1.54) is 6.20 Å². The largest absolute Gasteiger partial charge is 0.364 e. The zero-order valence-electron chi connectivity index (χ0n) is 15.4. The molecular formula is C21H15FN6O. The van der Waals surface area contributed by atoms with Gasteiger partial charge in [0.15, 0.2) is 5.83 Å². The van der Waals surface area contributed by atoms with Crippen molar-refractivity contribution in [3.63, 3.8) is 0 Å². The number of rotatable bonds is 4. The molecule has 1 aromatic carbocycles. The van der Waals surface area contributed by atoms with Crippen molar-refractivity contribution in [3.05, 3.63) is 72.1 Å². The van der Waals surface area contributed by atoms with Gasteiger partial charge in [-0.1, -0.05) is 24.3 Å². The summed E-state index contributed by atoms with van der Waals surface area (Å²) in [4.78, 5) is 10.9. The number of nitriles is 1. The first-order chi connectivity index (χ1) is 14.0. The van der Waals surface area contributed by atoms with Crippen molar-refractivity contribution in [2.75, 3.05) is 0 Å². The van der Waals surface area contributed by atoms with E-state index in [0.717, 1.165) is 28.3 Å². The van der Waals surface area contributed by atoms with E-state index in [1.807, 2.05) is 25.5 Å². The number of primary amides is 1. The lowest BCUT2D eigenvalue weighted by molar-refractivity contribution is -0.115. The van der Waals surface area contributed by atoms with Crippen LogP contribution >= 0.6 is 0 Å². The summed E-state index contributed by atoms with van der Waals surface area (Å²) >= 11 is 0. The van der Waals surface area contributed by atoms with Crippen molar-refractivity contribution in [1.29, 1.82) is 5.26 Å². The van der Waals surface area contributed by atoms with Gasteiger partial charge in [-0.15, -0.1) is 0 Å². The third kappa shape index (κ3) is 3.37. The molecular weight excluding hydrogens is 371 g/mol. The molecule has 2 N–H and O–H groups in total. The number of pyridine rings is 1. The number of hydrogen-bond donors (Lipinski definition) is 1. The van der Waals surface area contributed by atoms with Crippen LogP contribution in [0.1, 0.15) is 11.1 Å². The topological polar surface area (TPSA) is 102 Å². The van der Waals surface area contributed by atoms with E-state index < -0.39 is 11.7 Å². The van der Waals surface area contributed by atoms with Gasteiger partial charge in [-0.25, -0.2) is 8.91 Å². The quantitative estimate of drug-likeness (QED) is 0.545. The molecule has 3 aromatic heterocycles. The fourth-order valence-electron chi connectivity index (χ4n) is 3.13. The summed E-state index contributed by atoms with van der Waals surface area (Å²) in [6.45, 7) is 0. The first kappa shape index (κ1) is 18.1. The lowest BCUT2D eigenvalue weighted by Gasteiger charge is -2.09. The second-order valence-electron chi connectivity index (χ2n) is 6.49. The number of carbonyl (C=O) groups is 1. The summed E-state index contributed by atoms with van der Waals surface area (Å²) < 4.78 is 16.8. The van der Waals surface area contributed by atoms with Crippen LogP contribution in [0.15, 0.2) is 60.9 Å². The van der Waals surface area contributed by atoms with Gasteiger partial charge in [0, 0.05) is 36.1 Å². The van der Waals surface area contributed by atoms with Gasteiger partial charge >= 0.3 is 0 Å². The number of aryl methyl sites for hydroxylation is 1. The first-order valence-corrected chi connectivity index (χ1v) is 8.64. The molecule has 7 nitrogen and oxygen atoms in total. The Bertz CT molecular complexity index is 1310. The zero-order chi connectivity index (χ0) is 20.5. The van der Waals surface area contributed by atoms with Crippen molar-refractivity contribution < 1.29 is 9.18 Å². The van der Waals surface area contributed by atoms with Gasteiger partial charge in [0.2, 0.25) is 0 Å². The predicted octanol–water partition coefficient (Wildman–Crippen LogP) is 3.07. The van der Waals surface area contributed by atoms with Crippen LogP contribution in [0.3, 0.4) is 0 Å². The Balaban J connectivity index is 1.87. The number of amides is 1. The Kier molecular flexibility index (Phi) is 4.41. The molecule has 0 spiro atoms. The molecule has 142 valence electrons. The van der Waals surface area contributed by atoms with Crippen LogP contribution < -0.4 is 5.73 Å².